The molecule has 0 bridgehead atoms. The van der Waals surface area contributed by atoms with Crippen LogP contribution in [-0.4, -0.2) is 43.5 Å². The fourth-order valence-electron chi connectivity index (χ4n) is 1.47. The number of carboxylic acids is 1. The number of nitrogens with two attached hydrogens (primary N) is 1. The largest absolute Gasteiger partial charge is 0.476 e. The van der Waals surface area contributed by atoms with Crippen molar-refractivity contribution in [1.82, 2.24) is 20.0 Å². The van der Waals surface area contributed by atoms with Crippen LogP contribution in [0.4, 0.5) is 5.82 Å². The van der Waals surface area contributed by atoms with Gasteiger partial charge >= 0.3 is 5.97 Å². The average Bonchev–Trinajstić information content (AvgIpc) is 2.88. The van der Waals surface area contributed by atoms with Gasteiger partial charge in [0.1, 0.15) is 11.5 Å². The first-order valence-corrected chi connectivity index (χ1v) is 5.70. The van der Waals surface area contributed by atoms with Gasteiger partial charge in [0.2, 0.25) is 0 Å². The lowest BCUT2D eigenvalue weighted by molar-refractivity contribution is 0.0690. The summed E-state index contributed by atoms with van der Waals surface area (Å²) in [6.07, 6.45) is 1.33. The van der Waals surface area contributed by atoms with Crippen LogP contribution in [0.3, 0.4) is 0 Å². The second-order valence-electron chi connectivity index (χ2n) is 3.87. The van der Waals surface area contributed by atoms with Crippen LogP contribution in [0.15, 0.2) is 24.4 Å². The third-order valence-corrected chi connectivity index (χ3v) is 2.41. The summed E-state index contributed by atoms with van der Waals surface area (Å²) in [4.78, 5) is 25.6. The van der Waals surface area contributed by atoms with Crippen LogP contribution in [0.5, 0.6) is 0 Å². The number of carbonyl (C=O) groups excluding carboxylic acids is 1. The standard InChI is InChI=1S/C11H12N6O3/c12-10(18)7-2-1-3-9(14-7)13-4-5-17-6-8(11(19)20)15-16-17/h1-3,6H,4-5H2,(H2,12,18)(H,13,14)(H,19,20). The second kappa shape index (κ2) is 5.78. The summed E-state index contributed by atoms with van der Waals surface area (Å²) in [6.45, 7) is 0.848. The van der Waals surface area contributed by atoms with E-state index in [1.54, 1.807) is 12.1 Å². The Labute approximate surface area is 113 Å². The first kappa shape index (κ1) is 13.5. The third-order valence-electron chi connectivity index (χ3n) is 2.41. The molecule has 0 aromatic carbocycles. The van der Waals surface area contributed by atoms with Crippen LogP contribution in [-0.2, 0) is 6.54 Å². The zero-order chi connectivity index (χ0) is 14.5. The molecule has 2 aromatic heterocycles. The molecule has 104 valence electrons. The van der Waals surface area contributed by atoms with Gasteiger partial charge in [0, 0.05) is 6.54 Å². The topological polar surface area (TPSA) is 136 Å². The van der Waals surface area contributed by atoms with E-state index >= 15 is 0 Å². The van der Waals surface area contributed by atoms with Crippen molar-refractivity contribution >= 4 is 17.7 Å². The molecule has 0 aliphatic carbocycles. The molecule has 0 saturated carbocycles. The number of rotatable bonds is 6. The summed E-state index contributed by atoms with van der Waals surface area (Å²) < 4.78 is 1.40. The molecule has 0 unspecified atom stereocenters. The normalized spacial score (nSPS) is 10.2. The lowest BCUT2D eigenvalue weighted by Crippen LogP contribution is -2.16. The van der Waals surface area contributed by atoms with Gasteiger partial charge in [-0.05, 0) is 12.1 Å². The highest BCUT2D eigenvalue weighted by Gasteiger charge is 2.08. The molecule has 20 heavy (non-hydrogen) atoms. The van der Waals surface area contributed by atoms with E-state index in [4.69, 9.17) is 10.8 Å². The number of hydrogen-bond acceptors (Lipinski definition) is 6. The van der Waals surface area contributed by atoms with Crippen molar-refractivity contribution in [1.29, 1.82) is 0 Å². The van der Waals surface area contributed by atoms with E-state index in [9.17, 15) is 9.59 Å². The first-order chi connectivity index (χ1) is 9.56. The Bertz CT molecular complexity index is 639. The maximum Gasteiger partial charge on any atom is 0.358 e. The Morgan fingerprint density at radius 1 is 1.35 bits per heavy atom. The van der Waals surface area contributed by atoms with E-state index in [-0.39, 0.29) is 11.4 Å². The number of primary amides is 1. The molecule has 2 rings (SSSR count). The van der Waals surface area contributed by atoms with Crippen LogP contribution in [0.1, 0.15) is 21.0 Å². The number of pyridine rings is 1. The Morgan fingerprint density at radius 2 is 2.15 bits per heavy atom. The van der Waals surface area contributed by atoms with Crippen LogP contribution >= 0.6 is 0 Å². The molecule has 0 saturated heterocycles. The molecule has 2 heterocycles. The summed E-state index contributed by atoms with van der Waals surface area (Å²) in [5, 5.41) is 18.8. The Hall–Kier alpha value is -2.97. The van der Waals surface area contributed by atoms with E-state index in [1.807, 2.05) is 0 Å². The van der Waals surface area contributed by atoms with Gasteiger partial charge in [-0.25, -0.2) is 14.5 Å². The number of aromatic carboxylic acids is 1. The minimum absolute atomic E-state index is 0.112. The number of nitrogens with zero attached hydrogens (tertiary/aromatic N) is 4. The third kappa shape index (κ3) is 3.28. The van der Waals surface area contributed by atoms with Crippen molar-refractivity contribution in [3.63, 3.8) is 0 Å². The summed E-state index contributed by atoms with van der Waals surface area (Å²) in [6, 6.07) is 4.87. The molecular weight excluding hydrogens is 264 g/mol. The Balaban J connectivity index is 1.90. The van der Waals surface area contributed by atoms with Crippen molar-refractivity contribution in [3.05, 3.63) is 35.8 Å². The molecule has 0 radical (unpaired) electrons. The van der Waals surface area contributed by atoms with E-state index < -0.39 is 11.9 Å². The molecule has 0 aliphatic rings. The van der Waals surface area contributed by atoms with E-state index in [2.05, 4.69) is 20.6 Å². The predicted molar refractivity (Wildman–Crippen MR) is 68.2 cm³/mol. The number of carbonyl (C=O) groups is 2. The highest BCUT2D eigenvalue weighted by atomic mass is 16.4. The second-order valence-corrected chi connectivity index (χ2v) is 3.87. The van der Waals surface area contributed by atoms with E-state index in [0.717, 1.165) is 0 Å². The highest BCUT2D eigenvalue weighted by Crippen LogP contribution is 2.04. The molecule has 0 atom stereocenters. The number of aromatic nitrogens is 4. The lowest BCUT2D eigenvalue weighted by atomic mass is 10.3. The maximum atomic E-state index is 11.0. The number of carboxylic acid groups (broad SMARTS) is 1. The van der Waals surface area contributed by atoms with Gasteiger partial charge in [-0.2, -0.15) is 0 Å². The minimum Gasteiger partial charge on any atom is -0.476 e. The average molecular weight is 276 g/mol. The summed E-state index contributed by atoms with van der Waals surface area (Å²) in [7, 11) is 0. The fraction of sp³-hybridized carbons (Fsp3) is 0.182. The van der Waals surface area contributed by atoms with Gasteiger partial charge in [0.15, 0.2) is 5.69 Å². The SMILES string of the molecule is NC(=O)c1cccc(NCCn2cc(C(=O)O)nn2)n1. The maximum absolute atomic E-state index is 11.0. The molecule has 4 N–H and O–H groups in total. The monoisotopic (exact) mass is 276 g/mol. The molecule has 0 spiro atoms. The van der Waals surface area contributed by atoms with Gasteiger partial charge in [0.05, 0.1) is 12.7 Å². The van der Waals surface area contributed by atoms with Gasteiger partial charge in [-0.15, -0.1) is 5.10 Å². The van der Waals surface area contributed by atoms with Crippen LogP contribution in [0.2, 0.25) is 0 Å². The molecule has 0 fully saturated rings. The van der Waals surface area contributed by atoms with Crippen molar-refractivity contribution in [2.24, 2.45) is 5.73 Å². The van der Waals surface area contributed by atoms with Crippen LogP contribution in [0.25, 0.3) is 0 Å². The predicted octanol–water partition coefficient (Wildman–Crippen LogP) is -0.418. The van der Waals surface area contributed by atoms with Crippen molar-refractivity contribution in [2.45, 2.75) is 6.54 Å². The van der Waals surface area contributed by atoms with Crippen molar-refractivity contribution in [2.75, 3.05) is 11.9 Å². The lowest BCUT2D eigenvalue weighted by Gasteiger charge is -2.05. The summed E-state index contributed by atoms with van der Waals surface area (Å²) in [5.74, 6) is -1.23. The molecule has 0 aliphatic heterocycles. The number of anilines is 1. The number of nitrogens with one attached hydrogen (secondary N) is 1. The van der Waals surface area contributed by atoms with E-state index in [1.165, 1.54) is 16.9 Å². The summed E-state index contributed by atoms with van der Waals surface area (Å²) in [5.41, 5.74) is 5.18. The number of hydrogen-bond donors (Lipinski definition) is 3. The number of amides is 1. The molecule has 2 aromatic rings. The van der Waals surface area contributed by atoms with Crippen molar-refractivity contribution in [3.8, 4) is 0 Å². The molecule has 9 heteroatoms. The van der Waals surface area contributed by atoms with Gasteiger partial charge in [0.25, 0.3) is 5.91 Å². The van der Waals surface area contributed by atoms with Crippen LogP contribution < -0.4 is 11.1 Å². The zero-order valence-electron chi connectivity index (χ0n) is 10.4. The van der Waals surface area contributed by atoms with Crippen molar-refractivity contribution < 1.29 is 14.7 Å². The van der Waals surface area contributed by atoms with Gasteiger partial charge < -0.3 is 16.2 Å². The molecule has 1 amide bonds. The first-order valence-electron chi connectivity index (χ1n) is 5.70. The minimum atomic E-state index is -1.12. The Morgan fingerprint density at radius 3 is 2.80 bits per heavy atom. The fourth-order valence-corrected chi connectivity index (χ4v) is 1.47. The van der Waals surface area contributed by atoms with Crippen LogP contribution in [0, 0.1) is 0 Å². The quantitative estimate of drug-likeness (QED) is 0.651. The smallest absolute Gasteiger partial charge is 0.358 e. The zero-order valence-corrected chi connectivity index (χ0v) is 10.4. The summed E-state index contributed by atoms with van der Waals surface area (Å²) >= 11 is 0. The molecular formula is C11H12N6O3. The Kier molecular flexibility index (Phi) is 3.89. The van der Waals surface area contributed by atoms with Gasteiger partial charge in [-0.3, -0.25) is 4.79 Å². The van der Waals surface area contributed by atoms with E-state index in [0.29, 0.717) is 18.9 Å². The highest BCUT2D eigenvalue weighted by molar-refractivity contribution is 5.91. The molecule has 9 nitrogen and oxygen atoms in total. The van der Waals surface area contributed by atoms with Gasteiger partial charge in [-0.1, -0.05) is 11.3 Å².